The Balaban J connectivity index is 1.99. The van der Waals surface area contributed by atoms with E-state index < -0.39 is 0 Å². The smallest absolute Gasteiger partial charge is 0.0658 e. The van der Waals surface area contributed by atoms with Crippen molar-refractivity contribution in [2.75, 3.05) is 20.3 Å². The Labute approximate surface area is 124 Å². The van der Waals surface area contributed by atoms with E-state index in [9.17, 15) is 0 Å². The second-order valence-corrected chi connectivity index (χ2v) is 6.11. The van der Waals surface area contributed by atoms with Gasteiger partial charge in [0.1, 0.15) is 0 Å². The van der Waals surface area contributed by atoms with Crippen molar-refractivity contribution in [3.63, 3.8) is 0 Å². The largest absolute Gasteiger partial charge is 0.383 e. The zero-order valence-corrected chi connectivity index (χ0v) is 13.4. The Morgan fingerprint density at radius 2 is 2.37 bits per heavy atom. The minimum atomic E-state index is 0.614. The van der Waals surface area contributed by atoms with Crippen LogP contribution in [0.3, 0.4) is 0 Å². The first-order chi connectivity index (χ1) is 9.26. The number of nitrogens with one attached hydrogen (secondary N) is 1. The van der Waals surface area contributed by atoms with Crippen molar-refractivity contribution in [1.29, 1.82) is 0 Å². The highest BCUT2D eigenvalue weighted by Crippen LogP contribution is 2.37. The molecule has 0 aromatic carbocycles. The zero-order chi connectivity index (χ0) is 13.7. The lowest BCUT2D eigenvalue weighted by molar-refractivity contribution is 0.182. The van der Waals surface area contributed by atoms with Crippen LogP contribution >= 0.6 is 15.9 Å². The molecule has 1 heterocycles. The average molecular weight is 330 g/mol. The summed E-state index contributed by atoms with van der Waals surface area (Å²) in [5.41, 5.74) is 1.35. The fraction of sp³-hybridized carbons (Fsp3) is 0.786. The highest BCUT2D eigenvalue weighted by atomic mass is 79.9. The molecule has 0 spiro atoms. The molecule has 1 saturated carbocycles. The first-order valence-electron chi connectivity index (χ1n) is 7.19. The van der Waals surface area contributed by atoms with E-state index in [0.29, 0.717) is 18.6 Å². The second-order valence-electron chi connectivity index (χ2n) is 5.25. The van der Waals surface area contributed by atoms with Gasteiger partial charge in [-0.3, -0.25) is 4.68 Å². The predicted molar refractivity (Wildman–Crippen MR) is 80.5 cm³/mol. The summed E-state index contributed by atoms with van der Waals surface area (Å²) in [6.07, 6.45) is 6.86. The van der Waals surface area contributed by atoms with Crippen molar-refractivity contribution in [3.8, 4) is 0 Å². The molecule has 4 nitrogen and oxygen atoms in total. The monoisotopic (exact) mass is 329 g/mol. The Morgan fingerprint density at radius 3 is 3.11 bits per heavy atom. The number of aromatic nitrogens is 2. The number of hydrogen-bond acceptors (Lipinski definition) is 3. The normalized spacial score (nSPS) is 23.1. The summed E-state index contributed by atoms with van der Waals surface area (Å²) in [4.78, 5) is 0. The average Bonchev–Trinajstić information content (AvgIpc) is 3.00. The summed E-state index contributed by atoms with van der Waals surface area (Å²) < 4.78 is 8.40. The van der Waals surface area contributed by atoms with E-state index in [0.717, 1.165) is 17.6 Å². The molecule has 1 aromatic rings. The molecule has 2 rings (SSSR count). The van der Waals surface area contributed by atoms with Crippen LogP contribution in [0.2, 0.25) is 0 Å². The minimum absolute atomic E-state index is 0.614. The third kappa shape index (κ3) is 3.80. The van der Waals surface area contributed by atoms with Crippen molar-refractivity contribution < 1.29 is 4.74 Å². The van der Waals surface area contributed by atoms with Crippen LogP contribution in [0.5, 0.6) is 0 Å². The van der Waals surface area contributed by atoms with Crippen LogP contribution in [0.1, 0.15) is 44.2 Å². The molecule has 5 heteroatoms. The van der Waals surface area contributed by atoms with Crippen LogP contribution in [-0.4, -0.2) is 36.1 Å². The highest BCUT2D eigenvalue weighted by molar-refractivity contribution is 9.10. The van der Waals surface area contributed by atoms with Gasteiger partial charge >= 0.3 is 0 Å². The maximum atomic E-state index is 5.16. The van der Waals surface area contributed by atoms with Gasteiger partial charge < -0.3 is 10.1 Å². The fourth-order valence-electron chi connectivity index (χ4n) is 2.90. The van der Waals surface area contributed by atoms with Crippen molar-refractivity contribution in [3.05, 3.63) is 16.4 Å². The molecule has 2 unspecified atom stereocenters. The molecule has 1 N–H and O–H groups in total. The van der Waals surface area contributed by atoms with E-state index >= 15 is 0 Å². The van der Waals surface area contributed by atoms with Crippen LogP contribution in [0, 0.1) is 0 Å². The van der Waals surface area contributed by atoms with Crippen molar-refractivity contribution in [2.24, 2.45) is 0 Å². The molecule has 108 valence electrons. The molecule has 0 amide bonds. The Hall–Kier alpha value is -0.390. The second kappa shape index (κ2) is 7.41. The van der Waals surface area contributed by atoms with Crippen LogP contribution in [0.4, 0.5) is 0 Å². The maximum Gasteiger partial charge on any atom is 0.0658 e. The summed E-state index contributed by atoms with van der Waals surface area (Å²) in [6, 6.07) is 0.669. The Bertz CT molecular complexity index is 394. The third-order valence-corrected chi connectivity index (χ3v) is 4.45. The molecular weight excluding hydrogens is 306 g/mol. The maximum absolute atomic E-state index is 5.16. The SMILES string of the molecule is CCCNC1CCC(c2c(Br)cnn2CCOC)C1. The van der Waals surface area contributed by atoms with Crippen LogP contribution in [0.25, 0.3) is 0 Å². The van der Waals surface area contributed by atoms with Crippen LogP contribution in [0.15, 0.2) is 10.7 Å². The molecule has 2 atom stereocenters. The molecule has 19 heavy (non-hydrogen) atoms. The van der Waals surface area contributed by atoms with Crippen LogP contribution < -0.4 is 5.32 Å². The standard InChI is InChI=1S/C14H24BrN3O/c1-3-6-16-12-5-4-11(9-12)14-13(15)10-17-18(14)7-8-19-2/h10-12,16H,3-9H2,1-2H3. The molecule has 1 aliphatic rings. The first kappa shape index (κ1) is 15.0. The van der Waals surface area contributed by atoms with E-state index in [1.807, 2.05) is 6.20 Å². The summed E-state index contributed by atoms with van der Waals surface area (Å²) in [6.45, 7) is 4.89. The molecule has 0 aliphatic heterocycles. The summed E-state index contributed by atoms with van der Waals surface area (Å²) in [5, 5.41) is 8.09. The van der Waals surface area contributed by atoms with E-state index in [-0.39, 0.29) is 0 Å². The van der Waals surface area contributed by atoms with Gasteiger partial charge in [0.15, 0.2) is 0 Å². The van der Waals surface area contributed by atoms with E-state index in [1.165, 1.54) is 31.4 Å². The molecular formula is C14H24BrN3O. The van der Waals surface area contributed by atoms with Gasteiger partial charge in [0.2, 0.25) is 0 Å². The van der Waals surface area contributed by atoms with Gasteiger partial charge in [-0.2, -0.15) is 5.10 Å². The lowest BCUT2D eigenvalue weighted by Crippen LogP contribution is -2.27. The lowest BCUT2D eigenvalue weighted by atomic mass is 10.0. The van der Waals surface area contributed by atoms with E-state index in [4.69, 9.17) is 4.74 Å². The van der Waals surface area contributed by atoms with Gasteiger partial charge in [0.25, 0.3) is 0 Å². The number of hydrogen-bond donors (Lipinski definition) is 1. The Morgan fingerprint density at radius 1 is 1.53 bits per heavy atom. The number of rotatable bonds is 7. The summed E-state index contributed by atoms with van der Waals surface area (Å²) >= 11 is 3.65. The third-order valence-electron chi connectivity index (χ3n) is 3.84. The van der Waals surface area contributed by atoms with Gasteiger partial charge in [-0.1, -0.05) is 6.92 Å². The molecule has 0 bridgehead atoms. The minimum Gasteiger partial charge on any atom is -0.383 e. The van der Waals surface area contributed by atoms with Gasteiger partial charge in [-0.15, -0.1) is 0 Å². The highest BCUT2D eigenvalue weighted by Gasteiger charge is 2.29. The van der Waals surface area contributed by atoms with Gasteiger partial charge in [-0.25, -0.2) is 0 Å². The van der Waals surface area contributed by atoms with Crippen molar-refractivity contribution in [1.82, 2.24) is 15.1 Å². The van der Waals surface area contributed by atoms with Crippen molar-refractivity contribution >= 4 is 15.9 Å². The first-order valence-corrected chi connectivity index (χ1v) is 7.99. The van der Waals surface area contributed by atoms with Gasteiger partial charge in [-0.05, 0) is 48.2 Å². The summed E-state index contributed by atoms with van der Waals surface area (Å²) in [5.74, 6) is 0.614. The number of nitrogens with zero attached hydrogens (tertiary/aromatic N) is 2. The van der Waals surface area contributed by atoms with Gasteiger partial charge in [0, 0.05) is 19.1 Å². The molecule has 0 saturated heterocycles. The summed E-state index contributed by atoms with van der Waals surface area (Å²) in [7, 11) is 1.73. The van der Waals surface area contributed by atoms with E-state index in [2.05, 4.69) is 38.0 Å². The lowest BCUT2D eigenvalue weighted by Gasteiger charge is -2.15. The topological polar surface area (TPSA) is 39.1 Å². The fourth-order valence-corrected chi connectivity index (χ4v) is 3.52. The Kier molecular flexibility index (Phi) is 5.85. The number of ether oxygens (including phenoxy) is 1. The number of methoxy groups -OCH3 is 1. The van der Waals surface area contributed by atoms with Crippen molar-refractivity contribution in [2.45, 2.75) is 51.1 Å². The predicted octanol–water partition coefficient (Wildman–Crippen LogP) is 2.93. The number of halogens is 1. The van der Waals surface area contributed by atoms with E-state index in [1.54, 1.807) is 7.11 Å². The molecule has 0 radical (unpaired) electrons. The molecule has 1 aromatic heterocycles. The van der Waals surface area contributed by atoms with Gasteiger partial charge in [0.05, 0.1) is 29.5 Å². The molecule has 1 fully saturated rings. The zero-order valence-electron chi connectivity index (χ0n) is 11.9. The molecule has 1 aliphatic carbocycles. The van der Waals surface area contributed by atoms with Crippen LogP contribution in [-0.2, 0) is 11.3 Å². The quantitative estimate of drug-likeness (QED) is 0.835.